The molecule has 2 saturated heterocycles. The van der Waals surface area contributed by atoms with Crippen molar-refractivity contribution in [3.8, 4) is 5.75 Å². The summed E-state index contributed by atoms with van der Waals surface area (Å²) >= 11 is 0. The summed E-state index contributed by atoms with van der Waals surface area (Å²) in [5, 5.41) is 17.3. The summed E-state index contributed by atoms with van der Waals surface area (Å²) < 4.78 is 0. The summed E-state index contributed by atoms with van der Waals surface area (Å²) in [6, 6.07) is 27.1. The van der Waals surface area contributed by atoms with Gasteiger partial charge in [-0.25, -0.2) is 4.79 Å². The summed E-state index contributed by atoms with van der Waals surface area (Å²) in [6.07, 6.45) is 0.443. The number of nitrogens with one attached hydrogen (secondary N) is 1. The highest BCUT2D eigenvalue weighted by atomic mass is 16.3. The Morgan fingerprint density at radius 3 is 2.48 bits per heavy atom. The number of urea groups is 1. The third-order valence-electron chi connectivity index (χ3n) is 8.21. The number of hydrazine groups is 1. The Labute approximate surface area is 256 Å². The monoisotopic (exact) mass is 592 g/mol. The predicted octanol–water partition coefficient (Wildman–Crippen LogP) is 3.90. The van der Waals surface area contributed by atoms with E-state index in [1.54, 1.807) is 39.1 Å². The molecule has 3 aromatic carbocycles. The van der Waals surface area contributed by atoms with Crippen molar-refractivity contribution >= 4 is 28.7 Å². The number of aromatic nitrogens is 1. The highest BCUT2D eigenvalue weighted by Gasteiger charge is 2.52. The molecular weight excluding hydrogens is 556 g/mol. The lowest BCUT2D eigenvalue weighted by atomic mass is 10.00. The quantitative estimate of drug-likeness (QED) is 0.305. The number of nitrogens with zero attached hydrogens (tertiary/aromatic N) is 5. The van der Waals surface area contributed by atoms with Gasteiger partial charge in [-0.05, 0) is 41.8 Å². The first kappa shape index (κ1) is 29.1. The van der Waals surface area contributed by atoms with Crippen LogP contribution >= 0.6 is 0 Å². The summed E-state index contributed by atoms with van der Waals surface area (Å²) in [5.74, 6) is -0.242. The SMILES string of the molecule is CCCN(C(=O)NCc1ccccc1)N1CC(=O)N2[C@@H](Cc3ccc(O)cc3)C(=O)N(Cc3ccc4ccccc4n3)C[C@@H]21. The molecule has 0 radical (unpaired) electrons. The number of hydrogen-bond donors (Lipinski definition) is 2. The zero-order valence-electron chi connectivity index (χ0n) is 24.7. The van der Waals surface area contributed by atoms with Crippen molar-refractivity contribution in [3.05, 3.63) is 108 Å². The Kier molecular flexibility index (Phi) is 8.42. The number of benzene rings is 3. The first-order valence-electron chi connectivity index (χ1n) is 15.0. The fourth-order valence-electron chi connectivity index (χ4n) is 6.06. The van der Waals surface area contributed by atoms with Crippen molar-refractivity contribution in [3.63, 3.8) is 0 Å². The normalized spacial score (nSPS) is 18.5. The van der Waals surface area contributed by atoms with Crippen LogP contribution < -0.4 is 5.32 Å². The van der Waals surface area contributed by atoms with E-state index >= 15 is 0 Å². The van der Waals surface area contributed by atoms with Gasteiger partial charge in [0.2, 0.25) is 11.8 Å². The Morgan fingerprint density at radius 1 is 0.955 bits per heavy atom. The molecule has 0 spiro atoms. The van der Waals surface area contributed by atoms with Crippen LogP contribution in [0.5, 0.6) is 5.75 Å². The maximum Gasteiger partial charge on any atom is 0.332 e. The van der Waals surface area contributed by atoms with Gasteiger partial charge >= 0.3 is 6.03 Å². The maximum absolute atomic E-state index is 14.1. The van der Waals surface area contributed by atoms with Crippen LogP contribution in [0.1, 0.15) is 30.2 Å². The number of piperazine rings is 1. The number of para-hydroxylation sites is 1. The van der Waals surface area contributed by atoms with Crippen molar-refractivity contribution in [1.29, 1.82) is 0 Å². The van der Waals surface area contributed by atoms with Crippen LogP contribution in [0.25, 0.3) is 10.9 Å². The zero-order valence-corrected chi connectivity index (χ0v) is 24.7. The molecule has 226 valence electrons. The number of aromatic hydroxyl groups is 1. The van der Waals surface area contributed by atoms with E-state index in [1.165, 1.54) is 0 Å². The number of rotatable bonds is 9. The van der Waals surface area contributed by atoms with E-state index in [1.807, 2.05) is 78.7 Å². The lowest BCUT2D eigenvalue weighted by molar-refractivity contribution is -0.157. The van der Waals surface area contributed by atoms with Gasteiger partial charge in [0.15, 0.2) is 0 Å². The molecule has 6 rings (SSSR count). The molecule has 0 bridgehead atoms. The van der Waals surface area contributed by atoms with E-state index < -0.39 is 12.2 Å². The molecule has 10 nitrogen and oxygen atoms in total. The average Bonchev–Trinajstić information content (AvgIpc) is 3.37. The summed E-state index contributed by atoms with van der Waals surface area (Å²) in [4.78, 5) is 49.5. The highest BCUT2D eigenvalue weighted by Crippen LogP contribution is 2.30. The van der Waals surface area contributed by atoms with E-state index in [0.717, 1.165) is 27.7 Å². The third kappa shape index (κ3) is 6.07. The largest absolute Gasteiger partial charge is 0.508 e. The van der Waals surface area contributed by atoms with E-state index in [4.69, 9.17) is 4.98 Å². The summed E-state index contributed by atoms with van der Waals surface area (Å²) in [5.41, 5.74) is 3.39. The Balaban J connectivity index is 1.30. The van der Waals surface area contributed by atoms with Gasteiger partial charge in [0.25, 0.3) is 0 Å². The molecule has 10 heteroatoms. The molecule has 0 aliphatic carbocycles. The number of amides is 4. The number of pyridine rings is 1. The topological polar surface area (TPSA) is 109 Å². The number of carbonyl (C=O) groups excluding carboxylic acids is 3. The van der Waals surface area contributed by atoms with Crippen LogP contribution in [0.2, 0.25) is 0 Å². The van der Waals surface area contributed by atoms with Gasteiger partial charge in [0, 0.05) is 24.9 Å². The van der Waals surface area contributed by atoms with Crippen molar-refractivity contribution in [2.75, 3.05) is 19.6 Å². The van der Waals surface area contributed by atoms with Crippen molar-refractivity contribution in [2.24, 2.45) is 0 Å². The lowest BCUT2D eigenvalue weighted by Gasteiger charge is -2.46. The van der Waals surface area contributed by atoms with E-state index in [0.29, 0.717) is 19.5 Å². The van der Waals surface area contributed by atoms with Gasteiger partial charge in [-0.1, -0.05) is 73.7 Å². The number of hydrogen-bond acceptors (Lipinski definition) is 6. The molecule has 4 aromatic rings. The second-order valence-corrected chi connectivity index (χ2v) is 11.2. The fourth-order valence-corrected chi connectivity index (χ4v) is 6.06. The van der Waals surface area contributed by atoms with Gasteiger partial charge < -0.3 is 20.2 Å². The number of phenols is 1. The third-order valence-corrected chi connectivity index (χ3v) is 8.21. The lowest BCUT2D eigenvalue weighted by Crippen LogP contribution is -2.66. The second-order valence-electron chi connectivity index (χ2n) is 11.2. The van der Waals surface area contributed by atoms with Gasteiger partial charge in [-0.2, -0.15) is 5.01 Å². The van der Waals surface area contributed by atoms with Crippen LogP contribution in [0, 0.1) is 0 Å². The molecule has 44 heavy (non-hydrogen) atoms. The Hall–Kier alpha value is -4.96. The van der Waals surface area contributed by atoms with E-state index in [9.17, 15) is 19.5 Å². The number of fused-ring (bicyclic) bond motifs is 2. The standard InChI is InChI=1S/C34H36N6O4/c1-2-18-38(34(44)35-20-25-8-4-3-5-9-25)39-23-32(42)40-30(19-24-12-16-28(41)17-13-24)33(43)37(22-31(39)40)21-27-15-14-26-10-6-7-11-29(26)36-27/h3-17,30-31,41H,2,18-23H2,1H3,(H,35,44)/t30-,31+/m0/s1. The Bertz CT molecular complexity index is 1650. The molecule has 2 aliphatic heterocycles. The van der Waals surface area contributed by atoms with Crippen LogP contribution in [0.4, 0.5) is 4.79 Å². The van der Waals surface area contributed by atoms with Crippen LogP contribution in [-0.4, -0.2) is 79.6 Å². The first-order valence-corrected chi connectivity index (χ1v) is 15.0. The predicted molar refractivity (Wildman–Crippen MR) is 166 cm³/mol. The van der Waals surface area contributed by atoms with Crippen molar-refractivity contribution in [2.45, 2.75) is 45.1 Å². The minimum Gasteiger partial charge on any atom is -0.508 e. The minimum absolute atomic E-state index is 0.00908. The number of carbonyl (C=O) groups is 3. The molecule has 4 amide bonds. The van der Waals surface area contributed by atoms with Gasteiger partial charge in [0.05, 0.1) is 30.8 Å². The van der Waals surface area contributed by atoms with Gasteiger partial charge in [0.1, 0.15) is 18.0 Å². The molecular formula is C34H36N6O4. The van der Waals surface area contributed by atoms with Crippen LogP contribution in [0.3, 0.4) is 0 Å². The van der Waals surface area contributed by atoms with Gasteiger partial charge in [-0.3, -0.25) is 19.6 Å². The fraction of sp³-hybridized carbons (Fsp3) is 0.294. The van der Waals surface area contributed by atoms with Gasteiger partial charge in [-0.15, -0.1) is 0 Å². The smallest absolute Gasteiger partial charge is 0.332 e. The number of phenolic OH excluding ortho intramolecular Hbond substituents is 1. The molecule has 0 saturated carbocycles. The minimum atomic E-state index is -0.771. The molecule has 0 unspecified atom stereocenters. The summed E-state index contributed by atoms with van der Waals surface area (Å²) in [6.45, 7) is 3.26. The van der Waals surface area contributed by atoms with E-state index in [-0.39, 0.29) is 49.7 Å². The summed E-state index contributed by atoms with van der Waals surface area (Å²) in [7, 11) is 0. The second kappa shape index (κ2) is 12.7. The average molecular weight is 593 g/mol. The molecule has 1 aromatic heterocycles. The van der Waals surface area contributed by atoms with Crippen LogP contribution in [-0.2, 0) is 29.1 Å². The molecule has 3 heterocycles. The zero-order chi connectivity index (χ0) is 30.6. The first-order chi connectivity index (χ1) is 21.4. The van der Waals surface area contributed by atoms with Crippen molar-refractivity contribution < 1.29 is 19.5 Å². The van der Waals surface area contributed by atoms with Crippen LogP contribution in [0.15, 0.2) is 91.0 Å². The van der Waals surface area contributed by atoms with Crippen molar-refractivity contribution in [1.82, 2.24) is 30.1 Å². The highest BCUT2D eigenvalue weighted by molar-refractivity contribution is 5.92. The molecule has 2 atom stereocenters. The molecule has 2 fully saturated rings. The van der Waals surface area contributed by atoms with E-state index in [2.05, 4.69) is 5.32 Å². The Morgan fingerprint density at radius 2 is 1.70 bits per heavy atom. The molecule has 2 aliphatic rings. The molecule has 2 N–H and O–H groups in total. The maximum atomic E-state index is 14.1.